The van der Waals surface area contributed by atoms with Crippen molar-refractivity contribution in [3.8, 4) is 0 Å². The van der Waals surface area contributed by atoms with Crippen LogP contribution in [0.3, 0.4) is 0 Å². The summed E-state index contributed by atoms with van der Waals surface area (Å²) in [5.41, 5.74) is 0. The molecule has 0 heterocycles. The van der Waals surface area contributed by atoms with Crippen molar-refractivity contribution in [1.82, 2.24) is 0 Å². The molecule has 0 spiro atoms. The van der Waals surface area contributed by atoms with E-state index in [1.165, 1.54) is 135 Å². The molecule has 0 saturated heterocycles. The zero-order valence-electron chi connectivity index (χ0n) is 50.9. The highest BCUT2D eigenvalue weighted by atomic mass is 16.6. The average molecular weight is 1080 g/mol. The van der Waals surface area contributed by atoms with E-state index in [4.69, 9.17) is 14.2 Å². The third-order valence-electron chi connectivity index (χ3n) is 13.7. The molecule has 6 heteroatoms. The van der Waals surface area contributed by atoms with Gasteiger partial charge in [0.2, 0.25) is 0 Å². The first-order valence-corrected chi connectivity index (χ1v) is 32.5. The Morgan fingerprint density at radius 1 is 0.269 bits per heavy atom. The first-order chi connectivity index (χ1) is 38.5. The number of rotatable bonds is 58. The Balaban J connectivity index is 4.46. The van der Waals surface area contributed by atoms with Gasteiger partial charge < -0.3 is 14.2 Å². The second kappa shape index (κ2) is 65.3. The van der Waals surface area contributed by atoms with Crippen molar-refractivity contribution >= 4 is 17.9 Å². The number of carbonyl (C=O) groups is 3. The molecule has 0 bridgehead atoms. The van der Waals surface area contributed by atoms with Gasteiger partial charge in [0.05, 0.1) is 0 Å². The highest BCUT2D eigenvalue weighted by Crippen LogP contribution is 2.16. The fourth-order valence-electron chi connectivity index (χ4n) is 8.84. The zero-order valence-corrected chi connectivity index (χ0v) is 50.9. The van der Waals surface area contributed by atoms with Gasteiger partial charge in [0, 0.05) is 19.3 Å². The van der Waals surface area contributed by atoms with E-state index in [-0.39, 0.29) is 31.1 Å². The maximum absolute atomic E-state index is 12.9. The van der Waals surface area contributed by atoms with Gasteiger partial charge in [-0.2, -0.15) is 0 Å². The van der Waals surface area contributed by atoms with Crippen LogP contribution in [0.4, 0.5) is 0 Å². The summed E-state index contributed by atoms with van der Waals surface area (Å²) >= 11 is 0. The van der Waals surface area contributed by atoms with Crippen LogP contribution >= 0.6 is 0 Å². The van der Waals surface area contributed by atoms with Crippen molar-refractivity contribution in [1.29, 1.82) is 0 Å². The molecule has 0 radical (unpaired) electrons. The molecule has 6 nitrogen and oxygen atoms in total. The lowest BCUT2D eigenvalue weighted by atomic mass is 10.0. The Morgan fingerprint density at radius 3 is 0.821 bits per heavy atom. The second-order valence-corrected chi connectivity index (χ2v) is 21.3. The van der Waals surface area contributed by atoms with Gasteiger partial charge in [-0.3, -0.25) is 14.4 Å². The number of carbonyl (C=O) groups excluding carboxylic acids is 3. The highest BCUT2D eigenvalue weighted by Gasteiger charge is 2.19. The number of hydrogen-bond acceptors (Lipinski definition) is 6. The van der Waals surface area contributed by atoms with E-state index >= 15 is 0 Å². The van der Waals surface area contributed by atoms with Crippen LogP contribution in [0.25, 0.3) is 0 Å². The number of hydrogen-bond donors (Lipinski definition) is 0. The first kappa shape index (κ1) is 73.8. The largest absolute Gasteiger partial charge is 0.462 e. The van der Waals surface area contributed by atoms with E-state index in [1.54, 1.807) is 0 Å². The summed E-state index contributed by atoms with van der Waals surface area (Å²) in [5, 5.41) is 0. The number of esters is 3. The number of unbranched alkanes of at least 4 members (excludes halogenated alkanes) is 27. The Morgan fingerprint density at radius 2 is 0.500 bits per heavy atom. The summed E-state index contributed by atoms with van der Waals surface area (Å²) in [5.74, 6) is -0.941. The van der Waals surface area contributed by atoms with E-state index in [2.05, 4.69) is 142 Å². The van der Waals surface area contributed by atoms with Crippen LogP contribution in [0.2, 0.25) is 0 Å². The Kier molecular flexibility index (Phi) is 61.8. The summed E-state index contributed by atoms with van der Waals surface area (Å²) in [6.45, 7) is 6.49. The predicted molar refractivity (Wildman–Crippen MR) is 339 cm³/mol. The van der Waals surface area contributed by atoms with E-state index in [0.717, 1.165) is 116 Å². The molecule has 0 rings (SSSR count). The van der Waals surface area contributed by atoms with E-state index in [0.29, 0.717) is 25.7 Å². The molecule has 0 aromatic rings. The van der Waals surface area contributed by atoms with Crippen LogP contribution in [-0.4, -0.2) is 37.2 Å². The molecule has 0 fully saturated rings. The van der Waals surface area contributed by atoms with Gasteiger partial charge in [-0.25, -0.2) is 0 Å². The quantitative estimate of drug-likeness (QED) is 0.0261. The normalized spacial score (nSPS) is 12.9. The van der Waals surface area contributed by atoms with Gasteiger partial charge in [-0.15, -0.1) is 0 Å². The van der Waals surface area contributed by atoms with Crippen LogP contribution in [-0.2, 0) is 28.6 Å². The van der Waals surface area contributed by atoms with E-state index in [1.807, 2.05) is 0 Å². The van der Waals surface area contributed by atoms with Crippen LogP contribution in [0.5, 0.6) is 0 Å². The van der Waals surface area contributed by atoms with Gasteiger partial charge in [0.25, 0.3) is 0 Å². The third kappa shape index (κ3) is 62.7. The van der Waals surface area contributed by atoms with Crippen molar-refractivity contribution in [3.05, 3.63) is 122 Å². The number of ether oxygens (including phenoxy) is 3. The van der Waals surface area contributed by atoms with E-state index in [9.17, 15) is 14.4 Å². The van der Waals surface area contributed by atoms with Crippen molar-refractivity contribution < 1.29 is 28.6 Å². The summed E-state index contributed by atoms with van der Waals surface area (Å²) in [7, 11) is 0. The predicted octanol–water partition coefficient (Wildman–Crippen LogP) is 22.4. The lowest BCUT2D eigenvalue weighted by molar-refractivity contribution is -0.167. The molecule has 0 aliphatic rings. The molecule has 0 aliphatic carbocycles. The minimum atomic E-state index is -0.803. The van der Waals surface area contributed by atoms with Gasteiger partial charge in [0.1, 0.15) is 13.2 Å². The number of allylic oxidation sites excluding steroid dienone is 20. The lowest BCUT2D eigenvalue weighted by Gasteiger charge is -2.18. The van der Waals surface area contributed by atoms with Crippen LogP contribution < -0.4 is 0 Å². The minimum absolute atomic E-state index is 0.0950. The summed E-state index contributed by atoms with van der Waals surface area (Å²) < 4.78 is 16.9. The minimum Gasteiger partial charge on any atom is -0.462 e. The van der Waals surface area contributed by atoms with Gasteiger partial charge in [-0.05, 0) is 116 Å². The lowest BCUT2D eigenvalue weighted by Crippen LogP contribution is -2.30. The summed E-state index contributed by atoms with van der Waals surface area (Å²) in [6.07, 6.45) is 90.6. The second-order valence-electron chi connectivity index (χ2n) is 21.3. The Labute approximate surface area is 482 Å². The maximum atomic E-state index is 12.9. The van der Waals surface area contributed by atoms with E-state index < -0.39 is 6.10 Å². The van der Waals surface area contributed by atoms with Crippen LogP contribution in [0, 0.1) is 0 Å². The molecule has 0 amide bonds. The Hall–Kier alpha value is -4.19. The van der Waals surface area contributed by atoms with Crippen LogP contribution in [0.1, 0.15) is 297 Å². The smallest absolute Gasteiger partial charge is 0.306 e. The third-order valence-corrected chi connectivity index (χ3v) is 13.7. The standard InChI is InChI=1S/C72H120O6/c1-4-7-10-13-16-19-22-25-28-30-32-33-34-35-36-37-38-39-40-42-44-47-50-53-56-59-62-65-71(74)77-68-69(67-76-70(73)64-61-58-55-52-49-46-43-27-24-21-18-15-12-9-6-3)78-72(75)66-63-60-57-54-51-48-45-41-31-29-26-23-20-17-14-11-8-5-2/h7,10,16,19-20,23,25,28-29,31-33,35-36,38-39,42,44,50,53,69H,4-6,8-9,11-15,17-18,21-22,24,26-27,30,34,37,40-41,43,45-49,51-52,54-68H2,1-3H3/b10-7-,19-16-,23-20-,28-25-,31-29-,33-32-,36-35-,39-38-,44-42-,53-50-. The molecule has 1 unspecified atom stereocenters. The molecule has 444 valence electrons. The van der Waals surface area contributed by atoms with Gasteiger partial charge in [0.15, 0.2) is 6.10 Å². The Bertz CT molecular complexity index is 1620. The fourth-order valence-corrected chi connectivity index (χ4v) is 8.84. The molecular formula is C72H120O6. The SMILES string of the molecule is CC/C=C\C/C=C\C/C=C\C/C=C\C/C=C\C/C=C\C/C=C\C/C=C\CCCCC(=O)OCC(COC(=O)CCCCCCCCCCCCCCCCC)OC(=O)CCCCCCCCC/C=C\C/C=C\CCCCCC. The van der Waals surface area contributed by atoms with Crippen molar-refractivity contribution in [2.45, 2.75) is 303 Å². The van der Waals surface area contributed by atoms with Crippen molar-refractivity contribution in [2.75, 3.05) is 13.2 Å². The summed E-state index contributed by atoms with van der Waals surface area (Å²) in [4.78, 5) is 38.3. The molecule has 0 aliphatic heterocycles. The molecule has 0 aromatic heterocycles. The molecule has 0 N–H and O–H groups in total. The monoisotopic (exact) mass is 1080 g/mol. The van der Waals surface area contributed by atoms with Crippen molar-refractivity contribution in [3.63, 3.8) is 0 Å². The van der Waals surface area contributed by atoms with Crippen molar-refractivity contribution in [2.24, 2.45) is 0 Å². The van der Waals surface area contributed by atoms with Gasteiger partial charge >= 0.3 is 17.9 Å². The fraction of sp³-hybridized carbons (Fsp3) is 0.681. The van der Waals surface area contributed by atoms with Gasteiger partial charge in [-0.1, -0.05) is 284 Å². The maximum Gasteiger partial charge on any atom is 0.306 e. The topological polar surface area (TPSA) is 78.9 Å². The molecule has 78 heavy (non-hydrogen) atoms. The van der Waals surface area contributed by atoms with Crippen LogP contribution in [0.15, 0.2) is 122 Å². The highest BCUT2D eigenvalue weighted by molar-refractivity contribution is 5.71. The molecular weight excluding hydrogens is 961 g/mol. The molecule has 0 aromatic carbocycles. The molecule has 1 atom stereocenters. The zero-order chi connectivity index (χ0) is 56.4. The first-order valence-electron chi connectivity index (χ1n) is 32.5. The average Bonchev–Trinajstić information content (AvgIpc) is 3.44. The molecule has 0 saturated carbocycles. The summed E-state index contributed by atoms with van der Waals surface area (Å²) in [6, 6.07) is 0.